The van der Waals surface area contributed by atoms with Crippen LogP contribution in [0.25, 0.3) is 0 Å². The van der Waals surface area contributed by atoms with Gasteiger partial charge >= 0.3 is 0 Å². The van der Waals surface area contributed by atoms with Gasteiger partial charge < -0.3 is 9.64 Å². The molecule has 4 rings (SSSR count). The fraction of sp³-hybridized carbons (Fsp3) is 0.240. The van der Waals surface area contributed by atoms with Crippen LogP contribution in [0.1, 0.15) is 18.1 Å². The molecule has 1 heterocycles. The van der Waals surface area contributed by atoms with Gasteiger partial charge in [0.25, 0.3) is 10.0 Å². The number of carbonyl (C=O) groups is 1. The van der Waals surface area contributed by atoms with E-state index in [1.54, 1.807) is 53.4 Å². The summed E-state index contributed by atoms with van der Waals surface area (Å²) >= 11 is 0. The summed E-state index contributed by atoms with van der Waals surface area (Å²) < 4.78 is 34.0. The van der Waals surface area contributed by atoms with Crippen LogP contribution < -0.4 is 13.9 Å². The number of nitrogens with zero attached hydrogens (tertiary/aromatic N) is 2. The van der Waals surface area contributed by atoms with Crippen molar-refractivity contribution >= 4 is 27.3 Å². The van der Waals surface area contributed by atoms with E-state index in [4.69, 9.17) is 4.74 Å². The minimum atomic E-state index is -4.02. The van der Waals surface area contributed by atoms with Gasteiger partial charge in [-0.2, -0.15) is 0 Å². The summed E-state index contributed by atoms with van der Waals surface area (Å²) in [4.78, 5) is 15.3. The number of amides is 1. The molecule has 1 aliphatic rings. The number of benzene rings is 3. The van der Waals surface area contributed by atoms with Crippen molar-refractivity contribution in [2.45, 2.75) is 31.2 Å². The molecule has 1 aliphatic heterocycles. The summed E-state index contributed by atoms with van der Waals surface area (Å²) in [7, 11) is -2.53. The molecule has 0 radical (unpaired) electrons. The number of rotatable bonds is 6. The van der Waals surface area contributed by atoms with Crippen LogP contribution in [0.15, 0.2) is 77.7 Å². The highest BCUT2D eigenvalue weighted by molar-refractivity contribution is 7.92. The van der Waals surface area contributed by atoms with Crippen LogP contribution in [0.5, 0.6) is 5.75 Å². The quantitative estimate of drug-likeness (QED) is 0.565. The third-order valence-corrected chi connectivity index (χ3v) is 7.49. The Balaban J connectivity index is 1.77. The number of para-hydroxylation sites is 3. The summed E-state index contributed by atoms with van der Waals surface area (Å²) in [5.74, 6) is 0.0925. The number of anilines is 2. The van der Waals surface area contributed by atoms with E-state index in [9.17, 15) is 13.2 Å². The average molecular weight is 451 g/mol. The van der Waals surface area contributed by atoms with Gasteiger partial charge in [-0.15, -0.1) is 0 Å². The van der Waals surface area contributed by atoms with Gasteiger partial charge in [0, 0.05) is 11.7 Å². The third-order valence-electron chi connectivity index (χ3n) is 5.72. The molecule has 0 spiro atoms. The minimum Gasteiger partial charge on any atom is -0.495 e. The van der Waals surface area contributed by atoms with Gasteiger partial charge in [0.05, 0.1) is 17.7 Å². The molecule has 0 N–H and O–H groups in total. The molecule has 166 valence electrons. The number of carbonyl (C=O) groups excluding carboxylic acids is 1. The van der Waals surface area contributed by atoms with Crippen molar-refractivity contribution in [3.05, 3.63) is 83.9 Å². The van der Waals surface area contributed by atoms with E-state index >= 15 is 0 Å². The molecule has 1 atom stereocenters. The van der Waals surface area contributed by atoms with E-state index in [0.29, 0.717) is 11.4 Å². The van der Waals surface area contributed by atoms with Crippen LogP contribution in [0.2, 0.25) is 0 Å². The van der Waals surface area contributed by atoms with E-state index in [-0.39, 0.29) is 23.4 Å². The fourth-order valence-corrected chi connectivity index (χ4v) is 5.54. The Bertz CT molecular complexity index is 1240. The van der Waals surface area contributed by atoms with Crippen molar-refractivity contribution in [1.29, 1.82) is 0 Å². The predicted octanol–water partition coefficient (Wildman–Crippen LogP) is 4.18. The summed E-state index contributed by atoms with van der Waals surface area (Å²) in [5, 5.41) is 0. The number of hydrogen-bond donors (Lipinski definition) is 0. The Hall–Kier alpha value is -3.32. The van der Waals surface area contributed by atoms with Crippen molar-refractivity contribution in [2.24, 2.45) is 0 Å². The van der Waals surface area contributed by atoms with Gasteiger partial charge in [-0.1, -0.05) is 48.0 Å². The highest BCUT2D eigenvalue weighted by atomic mass is 32.2. The Morgan fingerprint density at radius 3 is 2.41 bits per heavy atom. The van der Waals surface area contributed by atoms with Gasteiger partial charge in [-0.3, -0.25) is 9.10 Å². The second-order valence-electron chi connectivity index (χ2n) is 7.94. The first-order chi connectivity index (χ1) is 15.3. The van der Waals surface area contributed by atoms with E-state index < -0.39 is 10.0 Å². The largest absolute Gasteiger partial charge is 0.495 e. The first-order valence-electron chi connectivity index (χ1n) is 10.5. The zero-order valence-corrected chi connectivity index (χ0v) is 19.2. The van der Waals surface area contributed by atoms with Gasteiger partial charge in [0.15, 0.2) is 0 Å². The molecule has 0 aliphatic carbocycles. The molecule has 0 aromatic heterocycles. The van der Waals surface area contributed by atoms with Gasteiger partial charge in [-0.25, -0.2) is 8.42 Å². The number of ether oxygens (including phenoxy) is 1. The summed E-state index contributed by atoms with van der Waals surface area (Å²) in [6.45, 7) is 3.53. The standard InChI is InChI=1S/C25H26N2O4S/c1-18-12-14-21(15-13-18)32(29,30)26(23-10-6-7-11-24(23)31-3)17-25(28)27-19(2)16-20-8-4-5-9-22(20)27/h4-15,19H,16-17H2,1-3H3. The zero-order chi connectivity index (χ0) is 22.9. The predicted molar refractivity (Wildman–Crippen MR) is 126 cm³/mol. The minimum absolute atomic E-state index is 0.0542. The molecule has 7 heteroatoms. The number of aryl methyl sites for hydroxylation is 1. The maximum Gasteiger partial charge on any atom is 0.264 e. The van der Waals surface area contributed by atoms with Crippen LogP contribution in [0.4, 0.5) is 11.4 Å². The van der Waals surface area contributed by atoms with Crippen LogP contribution in [0.3, 0.4) is 0 Å². The maximum absolute atomic E-state index is 13.7. The van der Waals surface area contributed by atoms with E-state index in [2.05, 4.69) is 0 Å². The normalized spacial score (nSPS) is 15.3. The van der Waals surface area contributed by atoms with Gasteiger partial charge in [0.2, 0.25) is 5.91 Å². The average Bonchev–Trinajstić information content (AvgIpc) is 3.13. The molecular weight excluding hydrogens is 424 g/mol. The first-order valence-corrected chi connectivity index (χ1v) is 11.9. The molecule has 6 nitrogen and oxygen atoms in total. The number of fused-ring (bicyclic) bond motifs is 1. The molecule has 0 bridgehead atoms. The Labute approximate surface area is 189 Å². The van der Waals surface area contributed by atoms with E-state index in [1.807, 2.05) is 38.1 Å². The zero-order valence-electron chi connectivity index (χ0n) is 18.4. The van der Waals surface area contributed by atoms with E-state index in [0.717, 1.165) is 27.5 Å². The summed E-state index contributed by atoms with van der Waals surface area (Å²) in [6.07, 6.45) is 0.737. The Kier molecular flexibility index (Phi) is 5.93. The SMILES string of the molecule is COc1ccccc1N(CC(=O)N1c2ccccc2CC1C)S(=O)(=O)c1ccc(C)cc1. The van der Waals surface area contributed by atoms with Crippen LogP contribution in [-0.4, -0.2) is 34.0 Å². The van der Waals surface area contributed by atoms with Gasteiger partial charge in [0.1, 0.15) is 12.3 Å². The van der Waals surface area contributed by atoms with Crippen molar-refractivity contribution in [3.8, 4) is 5.75 Å². The number of hydrogen-bond acceptors (Lipinski definition) is 4. The summed E-state index contributed by atoms with van der Waals surface area (Å²) in [5.41, 5.74) is 3.19. The lowest BCUT2D eigenvalue weighted by molar-refractivity contribution is -0.117. The molecule has 1 amide bonds. The second kappa shape index (κ2) is 8.67. The maximum atomic E-state index is 13.7. The molecule has 0 saturated carbocycles. The monoisotopic (exact) mass is 450 g/mol. The Morgan fingerprint density at radius 2 is 1.69 bits per heavy atom. The van der Waals surface area contributed by atoms with Crippen molar-refractivity contribution in [2.75, 3.05) is 22.9 Å². The summed E-state index contributed by atoms with van der Waals surface area (Å²) in [6, 6.07) is 21.1. The fourth-order valence-electron chi connectivity index (χ4n) is 4.12. The van der Waals surface area contributed by atoms with E-state index in [1.165, 1.54) is 7.11 Å². The van der Waals surface area contributed by atoms with Gasteiger partial charge in [-0.05, 0) is 56.2 Å². The highest BCUT2D eigenvalue weighted by Gasteiger charge is 2.35. The lowest BCUT2D eigenvalue weighted by Crippen LogP contribution is -2.45. The molecule has 0 saturated heterocycles. The molecule has 0 fully saturated rings. The van der Waals surface area contributed by atoms with Crippen LogP contribution >= 0.6 is 0 Å². The van der Waals surface area contributed by atoms with Crippen molar-refractivity contribution in [3.63, 3.8) is 0 Å². The van der Waals surface area contributed by atoms with Crippen LogP contribution in [0, 0.1) is 6.92 Å². The van der Waals surface area contributed by atoms with Crippen molar-refractivity contribution in [1.82, 2.24) is 0 Å². The molecule has 1 unspecified atom stereocenters. The lowest BCUT2D eigenvalue weighted by atomic mass is 10.1. The topological polar surface area (TPSA) is 66.9 Å². The Morgan fingerprint density at radius 1 is 1.03 bits per heavy atom. The third kappa shape index (κ3) is 3.96. The molecule has 32 heavy (non-hydrogen) atoms. The highest BCUT2D eigenvalue weighted by Crippen LogP contribution is 2.35. The number of sulfonamides is 1. The first kappa shape index (κ1) is 21.9. The number of methoxy groups -OCH3 is 1. The molecule has 3 aromatic carbocycles. The van der Waals surface area contributed by atoms with Crippen molar-refractivity contribution < 1.29 is 17.9 Å². The molecular formula is C25H26N2O4S. The van der Waals surface area contributed by atoms with Crippen LogP contribution in [-0.2, 0) is 21.2 Å². The second-order valence-corrected chi connectivity index (χ2v) is 9.80. The smallest absolute Gasteiger partial charge is 0.264 e. The lowest BCUT2D eigenvalue weighted by Gasteiger charge is -2.29. The molecule has 3 aromatic rings.